The standard InChI is InChI=1S/C14H23ClN2O/c1-10(2)6-8-18-9-7-17-14-11(3)12(15)4-5-13(14)16/h4-5,10,17H,6-9,16H2,1-3H3. The van der Waals surface area contributed by atoms with E-state index in [0.717, 1.165) is 41.5 Å². The highest BCUT2D eigenvalue weighted by atomic mass is 35.5. The molecule has 0 atom stereocenters. The molecular weight excluding hydrogens is 248 g/mol. The van der Waals surface area contributed by atoms with E-state index < -0.39 is 0 Å². The predicted octanol–water partition coefficient (Wildman–Crippen LogP) is 3.71. The van der Waals surface area contributed by atoms with Crippen molar-refractivity contribution in [2.75, 3.05) is 30.8 Å². The predicted molar refractivity (Wildman–Crippen MR) is 79.4 cm³/mol. The van der Waals surface area contributed by atoms with Crippen LogP contribution in [0.1, 0.15) is 25.8 Å². The molecule has 0 spiro atoms. The summed E-state index contributed by atoms with van der Waals surface area (Å²) in [6.45, 7) is 8.57. The smallest absolute Gasteiger partial charge is 0.0639 e. The summed E-state index contributed by atoms with van der Waals surface area (Å²) >= 11 is 6.06. The van der Waals surface area contributed by atoms with Crippen molar-refractivity contribution in [3.63, 3.8) is 0 Å². The van der Waals surface area contributed by atoms with Crippen LogP contribution in [0.5, 0.6) is 0 Å². The minimum Gasteiger partial charge on any atom is -0.397 e. The first-order valence-electron chi connectivity index (χ1n) is 6.38. The van der Waals surface area contributed by atoms with Gasteiger partial charge in [-0.3, -0.25) is 0 Å². The van der Waals surface area contributed by atoms with Crippen LogP contribution < -0.4 is 11.1 Å². The summed E-state index contributed by atoms with van der Waals surface area (Å²) in [5.74, 6) is 0.684. The average molecular weight is 271 g/mol. The van der Waals surface area contributed by atoms with Gasteiger partial charge in [-0.15, -0.1) is 0 Å². The minimum atomic E-state index is 0.679. The Kier molecular flexibility index (Phi) is 6.30. The largest absolute Gasteiger partial charge is 0.397 e. The molecule has 0 heterocycles. The minimum absolute atomic E-state index is 0.679. The van der Waals surface area contributed by atoms with Gasteiger partial charge in [0, 0.05) is 18.2 Å². The molecule has 1 rings (SSSR count). The van der Waals surface area contributed by atoms with E-state index in [1.807, 2.05) is 19.1 Å². The van der Waals surface area contributed by atoms with Crippen molar-refractivity contribution in [1.82, 2.24) is 0 Å². The van der Waals surface area contributed by atoms with Crippen LogP contribution in [-0.4, -0.2) is 19.8 Å². The lowest BCUT2D eigenvalue weighted by Gasteiger charge is -2.14. The lowest BCUT2D eigenvalue weighted by Crippen LogP contribution is -2.12. The van der Waals surface area contributed by atoms with Crippen LogP contribution in [0.15, 0.2) is 12.1 Å². The monoisotopic (exact) mass is 270 g/mol. The molecule has 18 heavy (non-hydrogen) atoms. The van der Waals surface area contributed by atoms with Gasteiger partial charge in [0.25, 0.3) is 0 Å². The molecular formula is C14H23ClN2O. The number of nitrogen functional groups attached to an aromatic ring is 1. The highest BCUT2D eigenvalue weighted by Gasteiger charge is 2.05. The van der Waals surface area contributed by atoms with Crippen molar-refractivity contribution in [2.45, 2.75) is 27.2 Å². The lowest BCUT2D eigenvalue weighted by atomic mass is 10.1. The first kappa shape index (κ1) is 15.1. The molecule has 0 radical (unpaired) electrons. The second-order valence-corrected chi connectivity index (χ2v) is 5.27. The van der Waals surface area contributed by atoms with Crippen molar-refractivity contribution in [3.05, 3.63) is 22.7 Å². The third kappa shape index (κ3) is 4.75. The maximum absolute atomic E-state index is 6.06. The molecule has 0 aromatic heterocycles. The summed E-state index contributed by atoms with van der Waals surface area (Å²) in [5.41, 5.74) is 8.53. The zero-order chi connectivity index (χ0) is 13.5. The molecule has 102 valence electrons. The summed E-state index contributed by atoms with van der Waals surface area (Å²) in [7, 11) is 0. The molecule has 0 amide bonds. The summed E-state index contributed by atoms with van der Waals surface area (Å²) in [4.78, 5) is 0. The molecule has 3 nitrogen and oxygen atoms in total. The van der Waals surface area contributed by atoms with Gasteiger partial charge < -0.3 is 15.8 Å². The number of benzene rings is 1. The Hall–Kier alpha value is -0.930. The molecule has 0 bridgehead atoms. The molecule has 0 aliphatic rings. The number of nitrogens with two attached hydrogens (primary N) is 1. The van der Waals surface area contributed by atoms with Crippen molar-refractivity contribution in [3.8, 4) is 0 Å². The quantitative estimate of drug-likeness (QED) is 0.587. The van der Waals surface area contributed by atoms with E-state index in [0.29, 0.717) is 12.5 Å². The van der Waals surface area contributed by atoms with Gasteiger partial charge in [0.2, 0.25) is 0 Å². The molecule has 3 N–H and O–H groups in total. The number of hydrogen-bond acceptors (Lipinski definition) is 3. The summed E-state index contributed by atoms with van der Waals surface area (Å²) in [5, 5.41) is 4.00. The molecule has 0 unspecified atom stereocenters. The van der Waals surface area contributed by atoms with Crippen LogP contribution in [0.4, 0.5) is 11.4 Å². The zero-order valence-electron chi connectivity index (χ0n) is 11.4. The molecule has 1 aromatic carbocycles. The van der Waals surface area contributed by atoms with Gasteiger partial charge in [-0.2, -0.15) is 0 Å². The van der Waals surface area contributed by atoms with E-state index in [1.165, 1.54) is 0 Å². The van der Waals surface area contributed by atoms with E-state index in [4.69, 9.17) is 22.1 Å². The van der Waals surface area contributed by atoms with Crippen LogP contribution in [0.2, 0.25) is 5.02 Å². The Morgan fingerprint density at radius 2 is 2.06 bits per heavy atom. The zero-order valence-corrected chi connectivity index (χ0v) is 12.2. The third-order valence-corrected chi connectivity index (χ3v) is 3.23. The Morgan fingerprint density at radius 1 is 1.33 bits per heavy atom. The second-order valence-electron chi connectivity index (χ2n) is 4.86. The number of ether oxygens (including phenoxy) is 1. The Bertz CT molecular complexity index is 380. The van der Waals surface area contributed by atoms with Crippen LogP contribution >= 0.6 is 11.6 Å². The maximum Gasteiger partial charge on any atom is 0.0639 e. The van der Waals surface area contributed by atoms with Gasteiger partial charge in [0.15, 0.2) is 0 Å². The summed E-state index contributed by atoms with van der Waals surface area (Å²) < 4.78 is 5.54. The number of nitrogens with one attached hydrogen (secondary N) is 1. The van der Waals surface area contributed by atoms with Gasteiger partial charge in [0.1, 0.15) is 0 Å². The van der Waals surface area contributed by atoms with Crippen LogP contribution in [-0.2, 0) is 4.74 Å². The fourth-order valence-corrected chi connectivity index (χ4v) is 1.77. The van der Waals surface area contributed by atoms with Crippen molar-refractivity contribution < 1.29 is 4.74 Å². The van der Waals surface area contributed by atoms with E-state index >= 15 is 0 Å². The fraction of sp³-hybridized carbons (Fsp3) is 0.571. The molecule has 4 heteroatoms. The number of halogens is 1. The van der Waals surface area contributed by atoms with Crippen LogP contribution in [0.3, 0.4) is 0 Å². The van der Waals surface area contributed by atoms with E-state index in [-0.39, 0.29) is 0 Å². The van der Waals surface area contributed by atoms with E-state index in [2.05, 4.69) is 19.2 Å². The van der Waals surface area contributed by atoms with Crippen molar-refractivity contribution in [1.29, 1.82) is 0 Å². The lowest BCUT2D eigenvalue weighted by molar-refractivity contribution is 0.132. The van der Waals surface area contributed by atoms with Gasteiger partial charge in [-0.25, -0.2) is 0 Å². The Morgan fingerprint density at radius 3 is 2.72 bits per heavy atom. The SMILES string of the molecule is Cc1c(Cl)ccc(N)c1NCCOCCC(C)C. The highest BCUT2D eigenvalue weighted by Crippen LogP contribution is 2.28. The average Bonchev–Trinajstić information content (AvgIpc) is 2.32. The van der Waals surface area contributed by atoms with Gasteiger partial charge in [0.05, 0.1) is 18.0 Å². The van der Waals surface area contributed by atoms with Crippen LogP contribution in [0, 0.1) is 12.8 Å². The Balaban J connectivity index is 2.33. The highest BCUT2D eigenvalue weighted by molar-refractivity contribution is 6.31. The van der Waals surface area contributed by atoms with Gasteiger partial charge >= 0.3 is 0 Å². The van der Waals surface area contributed by atoms with Crippen molar-refractivity contribution >= 4 is 23.0 Å². The normalized spacial score (nSPS) is 10.9. The molecule has 0 saturated carbocycles. The molecule has 1 aromatic rings. The topological polar surface area (TPSA) is 47.3 Å². The maximum atomic E-state index is 6.06. The Labute approximate surface area is 115 Å². The first-order chi connectivity index (χ1) is 8.52. The number of hydrogen-bond donors (Lipinski definition) is 2. The summed E-state index contributed by atoms with van der Waals surface area (Å²) in [6.07, 6.45) is 1.10. The molecule has 0 saturated heterocycles. The number of anilines is 2. The molecule has 0 aliphatic carbocycles. The van der Waals surface area contributed by atoms with Gasteiger partial charge in [-0.1, -0.05) is 25.4 Å². The van der Waals surface area contributed by atoms with E-state index in [9.17, 15) is 0 Å². The molecule has 0 aliphatic heterocycles. The fourth-order valence-electron chi connectivity index (χ4n) is 1.61. The van der Waals surface area contributed by atoms with Crippen LogP contribution in [0.25, 0.3) is 0 Å². The third-order valence-electron chi connectivity index (χ3n) is 2.82. The first-order valence-corrected chi connectivity index (χ1v) is 6.76. The molecule has 0 fully saturated rings. The van der Waals surface area contributed by atoms with E-state index in [1.54, 1.807) is 0 Å². The summed E-state index contributed by atoms with van der Waals surface area (Å²) in [6, 6.07) is 3.63. The second kappa shape index (κ2) is 7.49. The number of rotatable bonds is 7. The van der Waals surface area contributed by atoms with Gasteiger partial charge in [-0.05, 0) is 37.0 Å². The van der Waals surface area contributed by atoms with Crippen molar-refractivity contribution in [2.24, 2.45) is 5.92 Å².